The van der Waals surface area contributed by atoms with Crippen LogP contribution in [-0.4, -0.2) is 65.6 Å². The minimum Gasteiger partial charge on any atom is -0.379 e. The molecule has 2 fully saturated rings. The molecule has 6 atom stereocenters. The van der Waals surface area contributed by atoms with Crippen LogP contribution in [0.1, 0.15) is 31.9 Å². The van der Waals surface area contributed by atoms with E-state index in [1.54, 1.807) is 17.7 Å². The molecule has 1 saturated heterocycles. The summed E-state index contributed by atoms with van der Waals surface area (Å²) < 4.78 is 44.2. The highest BCUT2D eigenvalue weighted by atomic mass is 19.4. The topological polar surface area (TPSA) is 124 Å². The number of likely N-dealkylation sites (tertiary alicyclic amines) is 1. The molecule has 2 aliphatic carbocycles. The van der Waals surface area contributed by atoms with Crippen molar-refractivity contribution in [1.82, 2.24) is 20.5 Å². The minimum atomic E-state index is -5.20. The molecular formula is C27H28F3N5O4. The second kappa shape index (κ2) is 8.91. The Balaban J connectivity index is 1.46. The molecule has 39 heavy (non-hydrogen) atoms. The maximum atomic E-state index is 13.9. The second-order valence-electron chi connectivity index (χ2n) is 11.2. The summed E-state index contributed by atoms with van der Waals surface area (Å²) >= 11 is 0. The number of nitriles is 1. The fraction of sp³-hybridized carbons (Fsp3) is 0.519. The van der Waals surface area contributed by atoms with Crippen LogP contribution in [0.15, 0.2) is 30.6 Å². The molecule has 1 saturated carbocycles. The van der Waals surface area contributed by atoms with Crippen LogP contribution in [0.4, 0.5) is 13.2 Å². The van der Waals surface area contributed by atoms with E-state index in [-0.39, 0.29) is 30.2 Å². The highest BCUT2D eigenvalue weighted by Crippen LogP contribution is 2.65. The Kier molecular flexibility index (Phi) is 6.14. The maximum absolute atomic E-state index is 13.9. The quantitative estimate of drug-likeness (QED) is 0.576. The average Bonchev–Trinajstić information content (AvgIpc) is 3.20. The van der Waals surface area contributed by atoms with Crippen LogP contribution in [0.2, 0.25) is 0 Å². The Morgan fingerprint density at radius 2 is 1.97 bits per heavy atom. The van der Waals surface area contributed by atoms with Crippen LogP contribution in [0.25, 0.3) is 10.8 Å². The number of amides is 3. The summed E-state index contributed by atoms with van der Waals surface area (Å²) in [5.74, 6) is -4.05. The van der Waals surface area contributed by atoms with E-state index in [0.29, 0.717) is 5.56 Å². The molecule has 5 rings (SSSR count). The number of nitrogens with one attached hydrogen (secondary N) is 2. The Bertz CT molecular complexity index is 1420. The maximum Gasteiger partial charge on any atom is 0.471 e. The second-order valence-corrected chi connectivity index (χ2v) is 11.2. The molecule has 0 bridgehead atoms. The lowest BCUT2D eigenvalue weighted by Gasteiger charge is -2.36. The van der Waals surface area contributed by atoms with E-state index in [1.165, 1.54) is 18.9 Å². The van der Waals surface area contributed by atoms with Crippen molar-refractivity contribution in [2.45, 2.75) is 57.1 Å². The summed E-state index contributed by atoms with van der Waals surface area (Å²) in [5.41, 5.74) is -0.295. The monoisotopic (exact) mass is 543 g/mol. The smallest absolute Gasteiger partial charge is 0.379 e. The first kappa shape index (κ1) is 26.9. The fourth-order valence-corrected chi connectivity index (χ4v) is 6.42. The zero-order valence-electron chi connectivity index (χ0n) is 21.8. The number of fused-ring (bicyclic) bond motifs is 1. The van der Waals surface area contributed by atoms with Crippen LogP contribution in [0.5, 0.6) is 0 Å². The largest absolute Gasteiger partial charge is 0.471 e. The Morgan fingerprint density at radius 3 is 2.62 bits per heavy atom. The van der Waals surface area contributed by atoms with Gasteiger partial charge in [-0.15, -0.1) is 0 Å². The van der Waals surface area contributed by atoms with Crippen LogP contribution >= 0.6 is 0 Å². The van der Waals surface area contributed by atoms with Crippen molar-refractivity contribution in [2.24, 2.45) is 17.3 Å². The molecule has 12 heteroatoms. The molecule has 1 aromatic heterocycles. The van der Waals surface area contributed by atoms with E-state index in [1.807, 2.05) is 32.0 Å². The van der Waals surface area contributed by atoms with E-state index in [9.17, 15) is 32.8 Å². The van der Waals surface area contributed by atoms with Crippen molar-refractivity contribution in [2.75, 3.05) is 13.7 Å². The highest BCUT2D eigenvalue weighted by molar-refractivity contribution is 5.97. The summed E-state index contributed by atoms with van der Waals surface area (Å²) in [5, 5.41) is 16.6. The van der Waals surface area contributed by atoms with Gasteiger partial charge in [0.05, 0.1) is 12.2 Å². The third-order valence-electron chi connectivity index (χ3n) is 8.72. The van der Waals surface area contributed by atoms with Crippen LogP contribution in [0.3, 0.4) is 0 Å². The molecule has 206 valence electrons. The molecule has 9 nitrogen and oxygen atoms in total. The predicted octanol–water partition coefficient (Wildman–Crippen LogP) is 2.19. The molecule has 2 aromatic rings. The van der Waals surface area contributed by atoms with E-state index >= 15 is 0 Å². The van der Waals surface area contributed by atoms with Gasteiger partial charge in [-0.1, -0.05) is 32.0 Å². The number of pyridine rings is 1. The molecule has 2 heterocycles. The Hall–Kier alpha value is -3.72. The molecule has 1 aliphatic heterocycles. The number of piperidine rings is 1. The summed E-state index contributed by atoms with van der Waals surface area (Å²) in [6.07, 6.45) is -2.87. The number of rotatable bonds is 6. The minimum absolute atomic E-state index is 0.0714. The number of carbonyl (C=O) groups is 3. The van der Waals surface area contributed by atoms with Crippen molar-refractivity contribution in [1.29, 1.82) is 5.26 Å². The van der Waals surface area contributed by atoms with Gasteiger partial charge in [-0.25, -0.2) is 0 Å². The van der Waals surface area contributed by atoms with Crippen molar-refractivity contribution in [3.05, 3.63) is 41.7 Å². The number of hydrogen-bond donors (Lipinski definition) is 2. The van der Waals surface area contributed by atoms with Gasteiger partial charge in [0.25, 0.3) is 0 Å². The third-order valence-corrected chi connectivity index (χ3v) is 8.72. The van der Waals surface area contributed by atoms with E-state index in [4.69, 9.17) is 4.74 Å². The van der Waals surface area contributed by atoms with Crippen molar-refractivity contribution < 1.29 is 32.3 Å². The molecule has 3 amide bonds. The summed E-state index contributed by atoms with van der Waals surface area (Å²) in [7, 11) is 1.21. The standard InChI is InChI=1S/C27H28F3N5O4/c1-13(39-4)20(33-24(38)27(28,29)30)23(37)35-11-17-19(25(17,2)3)21(35)22(36)34-26(12-31)8-14-6-5-7-15-9-32-10-16(26)18(14)15/h5-7,9-10,13,17,19-21H,8,11H2,1-4H3,(H,33,38)(H,34,36)/t13-,17+,19+,20+,21+,26?/m1/s1. The molecule has 0 radical (unpaired) electrons. The van der Waals surface area contributed by atoms with Crippen LogP contribution < -0.4 is 10.6 Å². The number of hydrogen-bond acceptors (Lipinski definition) is 6. The first-order valence-electron chi connectivity index (χ1n) is 12.6. The number of benzene rings is 1. The van der Waals surface area contributed by atoms with Crippen LogP contribution in [-0.2, 0) is 31.1 Å². The highest BCUT2D eigenvalue weighted by Gasteiger charge is 2.70. The number of carbonyl (C=O) groups excluding carboxylic acids is 3. The third kappa shape index (κ3) is 4.11. The van der Waals surface area contributed by atoms with Gasteiger partial charge in [-0.3, -0.25) is 19.4 Å². The lowest BCUT2D eigenvalue weighted by molar-refractivity contribution is -0.176. The average molecular weight is 544 g/mol. The van der Waals surface area contributed by atoms with Gasteiger partial charge >= 0.3 is 12.1 Å². The summed E-state index contributed by atoms with van der Waals surface area (Å²) in [6.45, 7) is 5.41. The summed E-state index contributed by atoms with van der Waals surface area (Å²) in [4.78, 5) is 44.8. The van der Waals surface area contributed by atoms with Gasteiger partial charge < -0.3 is 20.3 Å². The van der Waals surface area contributed by atoms with Gasteiger partial charge in [-0.05, 0) is 35.1 Å². The fourth-order valence-electron chi connectivity index (χ4n) is 6.42. The number of aromatic nitrogens is 1. The Labute approximate surface area is 222 Å². The van der Waals surface area contributed by atoms with Crippen molar-refractivity contribution in [3.63, 3.8) is 0 Å². The van der Waals surface area contributed by atoms with Crippen molar-refractivity contribution >= 4 is 28.5 Å². The zero-order valence-corrected chi connectivity index (χ0v) is 21.8. The first-order valence-corrected chi connectivity index (χ1v) is 12.6. The lowest BCUT2D eigenvalue weighted by atomic mass is 9.92. The Morgan fingerprint density at radius 1 is 1.26 bits per heavy atom. The normalized spacial score (nSPS) is 27.8. The SMILES string of the molecule is CO[C@H](C)[C@H](NC(=O)C(F)(F)F)C(=O)N1C[C@H]2[C@@H]([C@H]1C(=O)NC1(C#N)Cc3cccc4cncc1c34)C2(C)C. The molecule has 3 aliphatic rings. The number of nitrogens with zero attached hydrogens (tertiary/aromatic N) is 3. The van der Waals surface area contributed by atoms with Crippen molar-refractivity contribution in [3.8, 4) is 6.07 Å². The van der Waals surface area contributed by atoms with Crippen LogP contribution in [0, 0.1) is 28.6 Å². The van der Waals surface area contributed by atoms with Gasteiger partial charge in [-0.2, -0.15) is 18.4 Å². The first-order chi connectivity index (χ1) is 18.3. The van der Waals surface area contributed by atoms with Gasteiger partial charge in [0, 0.05) is 43.4 Å². The zero-order chi connectivity index (χ0) is 28.5. The molecule has 2 N–H and O–H groups in total. The van der Waals surface area contributed by atoms with Gasteiger partial charge in [0.15, 0.2) is 5.54 Å². The number of alkyl halides is 3. The number of halogens is 3. The predicted molar refractivity (Wildman–Crippen MR) is 132 cm³/mol. The van der Waals surface area contributed by atoms with E-state index in [2.05, 4.69) is 16.4 Å². The number of ether oxygens (including phenoxy) is 1. The van der Waals surface area contributed by atoms with E-state index in [0.717, 1.165) is 16.3 Å². The molecule has 1 aromatic carbocycles. The molecular weight excluding hydrogens is 515 g/mol. The number of methoxy groups -OCH3 is 1. The van der Waals surface area contributed by atoms with E-state index < -0.39 is 47.6 Å². The summed E-state index contributed by atoms with van der Waals surface area (Å²) in [6, 6.07) is 5.12. The lowest BCUT2D eigenvalue weighted by Crippen LogP contribution is -2.61. The van der Waals surface area contributed by atoms with Gasteiger partial charge in [0.1, 0.15) is 12.1 Å². The van der Waals surface area contributed by atoms with Gasteiger partial charge in [0.2, 0.25) is 11.8 Å². The molecule has 0 spiro atoms. The molecule has 1 unspecified atom stereocenters.